The first kappa shape index (κ1) is 18.1. The van der Waals surface area contributed by atoms with Crippen LogP contribution < -0.4 is 17.0 Å². The maximum Gasteiger partial charge on any atom is 0.332 e. The molecule has 0 aliphatic rings. The number of nitrogen functional groups attached to an aromatic ring is 1. The first-order chi connectivity index (χ1) is 12.4. The van der Waals surface area contributed by atoms with Gasteiger partial charge in [0.05, 0.1) is 12.3 Å². The Morgan fingerprint density at radius 3 is 2.77 bits per heavy atom. The van der Waals surface area contributed by atoms with E-state index < -0.39 is 17.0 Å². The Balaban J connectivity index is 1.80. The van der Waals surface area contributed by atoms with E-state index in [2.05, 4.69) is 15.5 Å². The molecular weight excluding hydrogens is 378 g/mol. The monoisotopic (exact) mass is 393 g/mol. The summed E-state index contributed by atoms with van der Waals surface area (Å²) < 4.78 is 3.50. The van der Waals surface area contributed by atoms with Gasteiger partial charge in [0.2, 0.25) is 5.16 Å². The zero-order valence-electron chi connectivity index (χ0n) is 13.9. The van der Waals surface area contributed by atoms with Crippen LogP contribution in [0.1, 0.15) is 15.2 Å². The molecule has 3 aromatic heterocycles. The SMILES string of the molecule is Cn1c(N)c(C(=O)CSc2nnnn2Cc2cccs2)c(=O)n(C)c1=O. The maximum absolute atomic E-state index is 12.5. The second-order valence-electron chi connectivity index (χ2n) is 5.38. The number of thiophene rings is 1. The van der Waals surface area contributed by atoms with Crippen LogP contribution >= 0.6 is 23.1 Å². The van der Waals surface area contributed by atoms with Gasteiger partial charge >= 0.3 is 5.69 Å². The molecule has 136 valence electrons. The number of thioether (sulfide) groups is 1. The highest BCUT2D eigenvalue weighted by Gasteiger charge is 2.21. The lowest BCUT2D eigenvalue weighted by molar-refractivity contribution is 0.102. The fraction of sp³-hybridized carbons (Fsp3) is 0.286. The van der Waals surface area contributed by atoms with Crippen molar-refractivity contribution in [2.24, 2.45) is 14.1 Å². The van der Waals surface area contributed by atoms with Gasteiger partial charge in [0.15, 0.2) is 5.78 Å². The van der Waals surface area contributed by atoms with E-state index >= 15 is 0 Å². The van der Waals surface area contributed by atoms with Crippen LogP contribution in [0.15, 0.2) is 32.3 Å². The predicted molar refractivity (Wildman–Crippen MR) is 97.6 cm³/mol. The molecule has 0 aliphatic carbocycles. The minimum atomic E-state index is -0.714. The lowest BCUT2D eigenvalue weighted by Gasteiger charge is -2.10. The van der Waals surface area contributed by atoms with E-state index in [1.165, 1.54) is 14.1 Å². The van der Waals surface area contributed by atoms with Crippen LogP contribution in [0.5, 0.6) is 0 Å². The van der Waals surface area contributed by atoms with Crippen LogP contribution in [0, 0.1) is 0 Å². The summed E-state index contributed by atoms with van der Waals surface area (Å²) in [5.41, 5.74) is 4.29. The van der Waals surface area contributed by atoms with Crippen molar-refractivity contribution < 1.29 is 4.79 Å². The summed E-state index contributed by atoms with van der Waals surface area (Å²) >= 11 is 2.68. The molecule has 10 nitrogen and oxygen atoms in total. The third-order valence-corrected chi connectivity index (χ3v) is 5.52. The van der Waals surface area contributed by atoms with Gasteiger partial charge < -0.3 is 5.73 Å². The summed E-state index contributed by atoms with van der Waals surface area (Å²) in [4.78, 5) is 37.7. The average Bonchev–Trinajstić information content (AvgIpc) is 3.29. The van der Waals surface area contributed by atoms with Crippen molar-refractivity contribution in [1.29, 1.82) is 0 Å². The zero-order chi connectivity index (χ0) is 18.8. The second-order valence-corrected chi connectivity index (χ2v) is 7.35. The van der Waals surface area contributed by atoms with Crippen molar-refractivity contribution in [3.63, 3.8) is 0 Å². The smallest absolute Gasteiger partial charge is 0.332 e. The van der Waals surface area contributed by atoms with Crippen molar-refractivity contribution in [2.75, 3.05) is 11.5 Å². The molecule has 0 spiro atoms. The van der Waals surface area contributed by atoms with E-state index in [4.69, 9.17) is 5.73 Å². The molecule has 0 saturated heterocycles. The summed E-state index contributed by atoms with van der Waals surface area (Å²) in [6.07, 6.45) is 0. The molecule has 0 fully saturated rings. The molecule has 0 saturated carbocycles. The van der Waals surface area contributed by atoms with Crippen LogP contribution in [0.25, 0.3) is 0 Å². The summed E-state index contributed by atoms with van der Waals surface area (Å²) in [5, 5.41) is 13.8. The number of anilines is 1. The minimum absolute atomic E-state index is 0.0809. The molecule has 0 amide bonds. The fourth-order valence-electron chi connectivity index (χ4n) is 2.27. The van der Waals surface area contributed by atoms with E-state index in [9.17, 15) is 14.4 Å². The van der Waals surface area contributed by atoms with Gasteiger partial charge in [-0.05, 0) is 21.9 Å². The van der Waals surface area contributed by atoms with Gasteiger partial charge in [0.1, 0.15) is 11.4 Å². The molecule has 0 aliphatic heterocycles. The van der Waals surface area contributed by atoms with Gasteiger partial charge in [-0.25, -0.2) is 9.48 Å². The number of ketones is 1. The van der Waals surface area contributed by atoms with Crippen molar-refractivity contribution in [1.82, 2.24) is 29.3 Å². The van der Waals surface area contributed by atoms with Crippen LogP contribution in [-0.2, 0) is 20.6 Å². The molecule has 0 unspecified atom stereocenters. The minimum Gasteiger partial charge on any atom is -0.384 e. The molecule has 0 bridgehead atoms. The highest BCUT2D eigenvalue weighted by atomic mass is 32.2. The van der Waals surface area contributed by atoms with Gasteiger partial charge in [-0.1, -0.05) is 17.8 Å². The number of carbonyl (C=O) groups excluding carboxylic acids is 1. The second kappa shape index (κ2) is 7.25. The van der Waals surface area contributed by atoms with E-state index in [0.29, 0.717) is 11.7 Å². The van der Waals surface area contributed by atoms with E-state index in [0.717, 1.165) is 25.8 Å². The molecule has 2 N–H and O–H groups in total. The molecule has 3 rings (SSSR count). The van der Waals surface area contributed by atoms with E-state index in [1.54, 1.807) is 16.0 Å². The van der Waals surface area contributed by atoms with Crippen LogP contribution in [0.4, 0.5) is 5.82 Å². The Labute approximate surface area is 155 Å². The predicted octanol–water partition coefficient (Wildman–Crippen LogP) is -0.262. The van der Waals surface area contributed by atoms with Gasteiger partial charge in [-0.3, -0.25) is 18.7 Å². The topological polar surface area (TPSA) is 131 Å². The fourth-order valence-corrected chi connectivity index (χ4v) is 3.71. The quantitative estimate of drug-likeness (QED) is 0.448. The largest absolute Gasteiger partial charge is 0.384 e. The highest BCUT2D eigenvalue weighted by molar-refractivity contribution is 7.99. The van der Waals surface area contributed by atoms with Crippen molar-refractivity contribution in [3.05, 3.63) is 48.8 Å². The number of aromatic nitrogens is 6. The first-order valence-corrected chi connectivity index (χ1v) is 9.26. The zero-order valence-corrected chi connectivity index (χ0v) is 15.6. The van der Waals surface area contributed by atoms with Gasteiger partial charge in [0, 0.05) is 19.0 Å². The van der Waals surface area contributed by atoms with Gasteiger partial charge in [0.25, 0.3) is 5.56 Å². The van der Waals surface area contributed by atoms with Gasteiger partial charge in [-0.2, -0.15) is 0 Å². The standard InChI is InChI=1S/C14H15N7O3S2/c1-19-11(15)10(12(23)20(2)14(19)24)9(22)7-26-13-16-17-18-21(13)6-8-4-3-5-25-8/h3-5H,6-7,15H2,1-2H3. The summed E-state index contributed by atoms with van der Waals surface area (Å²) in [6, 6.07) is 3.89. The summed E-state index contributed by atoms with van der Waals surface area (Å²) in [6.45, 7) is 0.491. The van der Waals surface area contributed by atoms with E-state index in [-0.39, 0.29) is 17.1 Å². The lowest BCUT2D eigenvalue weighted by Crippen LogP contribution is -2.41. The molecule has 0 atom stereocenters. The molecular formula is C14H15N7O3S2. The van der Waals surface area contributed by atoms with Crippen molar-refractivity contribution >= 4 is 34.7 Å². The number of nitrogens with two attached hydrogens (primary N) is 1. The number of hydrogen-bond donors (Lipinski definition) is 1. The van der Waals surface area contributed by atoms with Crippen molar-refractivity contribution in [2.45, 2.75) is 11.7 Å². The lowest BCUT2D eigenvalue weighted by atomic mass is 10.2. The third kappa shape index (κ3) is 3.32. The Hall–Kier alpha value is -2.73. The molecule has 0 radical (unpaired) electrons. The summed E-state index contributed by atoms with van der Waals surface area (Å²) in [5.74, 6) is -0.723. The Morgan fingerprint density at radius 1 is 1.31 bits per heavy atom. The Bertz CT molecular complexity index is 1070. The number of Topliss-reactive ketones (excluding diaryl/α,β-unsaturated/α-hetero) is 1. The number of tetrazole rings is 1. The number of hydrogen-bond acceptors (Lipinski definition) is 9. The Kier molecular flexibility index (Phi) is 5.04. The third-order valence-electron chi connectivity index (χ3n) is 3.71. The normalized spacial score (nSPS) is 11.0. The maximum atomic E-state index is 12.5. The van der Waals surface area contributed by atoms with Crippen LogP contribution in [0.2, 0.25) is 0 Å². The van der Waals surface area contributed by atoms with Gasteiger partial charge in [-0.15, -0.1) is 16.4 Å². The highest BCUT2D eigenvalue weighted by Crippen LogP contribution is 2.18. The molecule has 3 heterocycles. The van der Waals surface area contributed by atoms with E-state index in [1.807, 2.05) is 17.5 Å². The number of carbonyl (C=O) groups is 1. The molecule has 3 aromatic rings. The average molecular weight is 393 g/mol. The summed E-state index contributed by atoms with van der Waals surface area (Å²) in [7, 11) is 2.71. The molecule has 12 heteroatoms. The van der Waals surface area contributed by atoms with Crippen molar-refractivity contribution in [3.8, 4) is 0 Å². The number of rotatable bonds is 6. The van der Waals surface area contributed by atoms with Crippen LogP contribution in [0.3, 0.4) is 0 Å². The van der Waals surface area contributed by atoms with Crippen LogP contribution in [-0.4, -0.2) is 40.9 Å². The number of nitrogens with zero attached hydrogens (tertiary/aromatic N) is 6. The first-order valence-electron chi connectivity index (χ1n) is 7.40. The molecule has 26 heavy (non-hydrogen) atoms. The Morgan fingerprint density at radius 2 is 2.08 bits per heavy atom. The molecule has 0 aromatic carbocycles.